The second kappa shape index (κ2) is 12.8. The first-order valence-electron chi connectivity index (χ1n) is 16.6. The van der Waals surface area contributed by atoms with E-state index < -0.39 is 27.5 Å². The van der Waals surface area contributed by atoms with Gasteiger partial charge in [-0.1, -0.05) is 0 Å². The van der Waals surface area contributed by atoms with Crippen LogP contribution in [-0.4, -0.2) is 101 Å². The third-order valence-electron chi connectivity index (χ3n) is 10.1. The number of pyridine rings is 1. The number of rotatable bonds is 9. The summed E-state index contributed by atoms with van der Waals surface area (Å²) in [7, 11) is -1.94. The van der Waals surface area contributed by atoms with Gasteiger partial charge in [0.25, 0.3) is 15.9 Å². The molecule has 3 aromatic rings. The molecule has 15 heteroatoms. The third kappa shape index (κ3) is 5.29. The summed E-state index contributed by atoms with van der Waals surface area (Å²) in [6.07, 6.45) is 3.69. The van der Waals surface area contributed by atoms with Crippen LogP contribution in [0.25, 0.3) is 0 Å². The molecule has 3 saturated heterocycles. The topological polar surface area (TPSA) is 166 Å². The summed E-state index contributed by atoms with van der Waals surface area (Å²) < 4.78 is 46.4. The molecule has 0 radical (unpaired) electrons. The van der Waals surface area contributed by atoms with Crippen LogP contribution in [0.15, 0.2) is 59.6 Å². The fourth-order valence-corrected chi connectivity index (χ4v) is 9.36. The lowest BCUT2D eigenvalue weighted by molar-refractivity contribution is -0.123. The number of carbonyl (C=O) groups is 2. The maximum absolute atomic E-state index is 15.1. The van der Waals surface area contributed by atoms with Gasteiger partial charge in [-0.3, -0.25) is 9.69 Å². The van der Waals surface area contributed by atoms with E-state index in [0.29, 0.717) is 29.2 Å². The second-order valence-corrected chi connectivity index (χ2v) is 14.9. The molecule has 4 aliphatic rings. The van der Waals surface area contributed by atoms with E-state index in [1.54, 1.807) is 24.0 Å². The smallest absolute Gasteiger partial charge is 0.318 e. The molecule has 2 N–H and O–H groups in total. The molecule has 1 unspecified atom stereocenters. The minimum Gasteiger partial charge on any atom is -0.497 e. The van der Waals surface area contributed by atoms with E-state index in [4.69, 9.17) is 14.2 Å². The number of nitrogens with one attached hydrogen (secondary N) is 2. The molecule has 3 fully saturated rings. The Hall–Kier alpha value is -4.91. The van der Waals surface area contributed by atoms with Gasteiger partial charge in [-0.15, -0.1) is 0 Å². The summed E-state index contributed by atoms with van der Waals surface area (Å²) in [5.74, 6) is -0.646. The molecule has 50 heavy (non-hydrogen) atoms. The Morgan fingerprint density at radius 3 is 2.50 bits per heavy atom. The zero-order valence-electron chi connectivity index (χ0n) is 28.1. The lowest BCUT2D eigenvalue weighted by Crippen LogP contribution is -2.76. The predicted octanol–water partition coefficient (Wildman–Crippen LogP) is 2.43. The SMILES string of the molecule is CCOc1ncccc1C1(NC(=O)N2CC3(C2)CN(C2CCNCC2)C3)C(=O)N(S(=O)(=O)c2ccc(OC)cc2OC)c2ccc(C#N)cc21. The molecule has 0 bridgehead atoms. The first-order chi connectivity index (χ1) is 24.1. The number of nitriles is 1. The number of anilines is 1. The van der Waals surface area contributed by atoms with Crippen molar-refractivity contribution in [2.24, 2.45) is 5.41 Å². The lowest BCUT2D eigenvalue weighted by atomic mass is 9.71. The molecule has 1 aromatic heterocycles. The van der Waals surface area contributed by atoms with Crippen LogP contribution in [0, 0.1) is 16.7 Å². The predicted molar refractivity (Wildman–Crippen MR) is 182 cm³/mol. The number of aromatic nitrogens is 1. The Morgan fingerprint density at radius 1 is 1.06 bits per heavy atom. The van der Waals surface area contributed by atoms with E-state index in [0.717, 1.165) is 39.0 Å². The van der Waals surface area contributed by atoms with Crippen LogP contribution in [0.4, 0.5) is 10.5 Å². The molecule has 5 heterocycles. The fourth-order valence-electron chi connectivity index (χ4n) is 7.75. The third-order valence-corrected chi connectivity index (χ3v) is 11.9. The zero-order valence-corrected chi connectivity index (χ0v) is 29.0. The highest BCUT2D eigenvalue weighted by Gasteiger charge is 2.61. The molecule has 1 atom stereocenters. The summed E-state index contributed by atoms with van der Waals surface area (Å²) in [5.41, 5.74) is -1.80. The average Bonchev–Trinajstić information content (AvgIpc) is 3.34. The molecular weight excluding hydrogens is 662 g/mol. The monoisotopic (exact) mass is 701 g/mol. The molecule has 2 aromatic carbocycles. The highest BCUT2D eigenvalue weighted by molar-refractivity contribution is 7.93. The normalized spacial score (nSPS) is 21.5. The van der Waals surface area contributed by atoms with Crippen molar-refractivity contribution in [1.29, 1.82) is 5.26 Å². The van der Waals surface area contributed by atoms with Crippen LogP contribution < -0.4 is 29.1 Å². The number of likely N-dealkylation sites (tertiary alicyclic amines) is 2. The number of sulfonamides is 1. The van der Waals surface area contributed by atoms with Crippen LogP contribution in [0.5, 0.6) is 17.4 Å². The summed E-state index contributed by atoms with van der Waals surface area (Å²) in [5, 5.41) is 16.3. The van der Waals surface area contributed by atoms with Crippen molar-refractivity contribution in [3.05, 3.63) is 71.4 Å². The van der Waals surface area contributed by atoms with E-state index in [2.05, 4.69) is 26.6 Å². The maximum Gasteiger partial charge on any atom is 0.318 e. The first kappa shape index (κ1) is 33.6. The number of urea groups is 1. The number of benzene rings is 2. The van der Waals surface area contributed by atoms with Gasteiger partial charge < -0.3 is 29.7 Å². The number of fused-ring (bicyclic) bond motifs is 1. The number of hydrogen-bond donors (Lipinski definition) is 2. The van der Waals surface area contributed by atoms with Gasteiger partial charge >= 0.3 is 6.03 Å². The van der Waals surface area contributed by atoms with Gasteiger partial charge in [0.1, 0.15) is 16.4 Å². The minimum atomic E-state index is -4.69. The fraction of sp³-hybridized carbons (Fsp3) is 0.429. The van der Waals surface area contributed by atoms with Crippen molar-refractivity contribution in [3.8, 4) is 23.4 Å². The van der Waals surface area contributed by atoms with Gasteiger partial charge in [0.2, 0.25) is 5.88 Å². The van der Waals surface area contributed by atoms with E-state index >= 15 is 4.79 Å². The maximum atomic E-state index is 15.1. The molecule has 0 saturated carbocycles. The number of piperidine rings is 1. The van der Waals surface area contributed by atoms with E-state index in [9.17, 15) is 18.5 Å². The summed E-state index contributed by atoms with van der Waals surface area (Å²) >= 11 is 0. The van der Waals surface area contributed by atoms with Crippen molar-refractivity contribution in [3.63, 3.8) is 0 Å². The van der Waals surface area contributed by atoms with Gasteiger partial charge in [-0.25, -0.2) is 18.2 Å². The number of amides is 3. The number of ether oxygens (including phenoxy) is 3. The van der Waals surface area contributed by atoms with Gasteiger partial charge in [-0.05, 0) is 75.3 Å². The largest absolute Gasteiger partial charge is 0.497 e. The Labute approximate surface area is 291 Å². The van der Waals surface area contributed by atoms with Crippen molar-refractivity contribution in [2.75, 3.05) is 64.4 Å². The van der Waals surface area contributed by atoms with E-state index in [1.165, 1.54) is 56.8 Å². The van der Waals surface area contributed by atoms with Crippen molar-refractivity contribution in [2.45, 2.75) is 36.2 Å². The molecule has 0 aliphatic carbocycles. The Bertz CT molecular complexity index is 1980. The Morgan fingerprint density at radius 2 is 1.82 bits per heavy atom. The molecule has 14 nitrogen and oxygen atoms in total. The highest BCUT2D eigenvalue weighted by atomic mass is 32.2. The minimum absolute atomic E-state index is 0.0218. The number of nitrogens with zero attached hydrogens (tertiary/aromatic N) is 5. The number of hydrogen-bond acceptors (Lipinski definition) is 11. The highest BCUT2D eigenvalue weighted by Crippen LogP contribution is 2.50. The molecule has 1 spiro atoms. The van der Waals surface area contributed by atoms with Crippen molar-refractivity contribution >= 4 is 27.6 Å². The summed E-state index contributed by atoms with van der Waals surface area (Å²) in [4.78, 5) is 37.6. The Kier molecular flexibility index (Phi) is 8.57. The van der Waals surface area contributed by atoms with Crippen molar-refractivity contribution in [1.82, 2.24) is 25.4 Å². The van der Waals surface area contributed by atoms with Crippen LogP contribution in [0.1, 0.15) is 36.5 Å². The van der Waals surface area contributed by atoms with Crippen molar-refractivity contribution < 1.29 is 32.2 Å². The molecule has 3 amide bonds. The summed E-state index contributed by atoms with van der Waals surface area (Å²) in [6.45, 7) is 6.71. The molecule has 4 aliphatic heterocycles. The standard InChI is InChI=1S/C35H39N7O7S/c1-4-49-31-26(6-5-13-38-31)35(39-33(44)41-21-34(22-41)19-40(20-34)24-11-14-37-15-12-24)27-16-23(18-36)7-9-28(27)42(32(35)43)50(45,46)30-10-8-25(47-2)17-29(30)48-3/h5-10,13,16-17,24,37H,4,11-12,14-15,19-22H2,1-3H3,(H,39,44). The zero-order chi connectivity index (χ0) is 35.3. The van der Waals surface area contributed by atoms with E-state index in [1.807, 2.05) is 0 Å². The molecule has 262 valence electrons. The second-order valence-electron chi connectivity index (χ2n) is 13.1. The van der Waals surface area contributed by atoms with Crippen LogP contribution in [-0.2, 0) is 20.4 Å². The molecule has 7 rings (SSSR count). The molecular formula is C35H39N7O7S. The average molecular weight is 702 g/mol. The Balaban J connectivity index is 1.30. The lowest BCUT2D eigenvalue weighted by Gasteiger charge is -2.62. The first-order valence-corrected chi connectivity index (χ1v) is 18.0. The van der Waals surface area contributed by atoms with Gasteiger partial charge in [-0.2, -0.15) is 9.57 Å². The van der Waals surface area contributed by atoms with Crippen LogP contribution in [0.3, 0.4) is 0 Å². The van der Waals surface area contributed by atoms with Crippen LogP contribution >= 0.6 is 0 Å². The quantitative estimate of drug-likeness (QED) is 0.337. The van der Waals surface area contributed by atoms with Gasteiger partial charge in [0, 0.05) is 55.5 Å². The van der Waals surface area contributed by atoms with Gasteiger partial charge in [0.15, 0.2) is 5.54 Å². The number of carbonyl (C=O) groups excluding carboxylic acids is 2. The van der Waals surface area contributed by atoms with Crippen LogP contribution in [0.2, 0.25) is 0 Å². The number of methoxy groups -OCH3 is 2. The van der Waals surface area contributed by atoms with Gasteiger partial charge in [0.05, 0.1) is 43.7 Å². The van der Waals surface area contributed by atoms with E-state index in [-0.39, 0.29) is 50.9 Å². The summed E-state index contributed by atoms with van der Waals surface area (Å²) in [6, 6.07) is 13.6.